The predicted octanol–water partition coefficient (Wildman–Crippen LogP) is 4.43. The summed E-state index contributed by atoms with van der Waals surface area (Å²) in [5.41, 5.74) is 2.74. The topological polar surface area (TPSA) is 77.9 Å². The van der Waals surface area contributed by atoms with Crippen molar-refractivity contribution in [2.75, 3.05) is 11.4 Å². The summed E-state index contributed by atoms with van der Waals surface area (Å²) < 4.78 is 1.14. The van der Waals surface area contributed by atoms with Crippen LogP contribution in [0, 0.1) is 0 Å². The van der Waals surface area contributed by atoms with Gasteiger partial charge in [-0.3, -0.25) is 19.3 Å². The number of aliphatic carboxylic acids is 1. The van der Waals surface area contributed by atoms with Crippen LogP contribution in [0.4, 0.5) is 5.69 Å². The third-order valence-corrected chi connectivity index (χ3v) is 6.95. The number of carboxylic acid groups (broad SMARTS) is 1. The van der Waals surface area contributed by atoms with Gasteiger partial charge in [0.25, 0.3) is 11.8 Å². The van der Waals surface area contributed by atoms with E-state index in [1.807, 2.05) is 48.5 Å². The molecule has 2 aliphatic rings. The molecule has 2 amide bonds. The minimum atomic E-state index is -0.926. The molecule has 0 bridgehead atoms. The highest BCUT2D eigenvalue weighted by Crippen LogP contribution is 2.45. The zero-order chi connectivity index (χ0) is 22.1. The molecular weight excluding hydrogens is 500 g/mol. The lowest BCUT2D eigenvalue weighted by Crippen LogP contribution is -2.30. The maximum Gasteiger partial charge on any atom is 0.303 e. The second-order valence-electron chi connectivity index (χ2n) is 7.06. The minimum absolute atomic E-state index is 0.0530. The van der Waals surface area contributed by atoms with Gasteiger partial charge in [0, 0.05) is 23.0 Å². The molecule has 0 aliphatic carbocycles. The SMILES string of the molecule is O=C(O)CCCN1C(=O)/C(=C2/C(=O)N(Cc3ccccc3)c3ccc(Br)cc32)SC1=S. The van der Waals surface area contributed by atoms with Crippen LogP contribution in [-0.2, 0) is 20.9 Å². The summed E-state index contributed by atoms with van der Waals surface area (Å²) in [6.07, 6.45) is 0.239. The highest BCUT2D eigenvalue weighted by atomic mass is 79.9. The average Bonchev–Trinajstić information content (AvgIpc) is 3.15. The van der Waals surface area contributed by atoms with Gasteiger partial charge < -0.3 is 10.0 Å². The van der Waals surface area contributed by atoms with Gasteiger partial charge in [0.15, 0.2) is 0 Å². The summed E-state index contributed by atoms with van der Waals surface area (Å²) in [6, 6.07) is 15.2. The Morgan fingerprint density at radius 2 is 1.81 bits per heavy atom. The van der Waals surface area contributed by atoms with Gasteiger partial charge in [-0.25, -0.2) is 0 Å². The standard InChI is InChI=1S/C22H17BrN2O4S2/c23-14-8-9-16-15(11-14)18(20(28)25(16)12-13-5-2-1-3-6-13)19-21(29)24(22(30)31-19)10-4-7-17(26)27/h1-3,5-6,8-9,11H,4,7,10,12H2,(H,26,27)/b19-18-. The first-order valence-electron chi connectivity index (χ1n) is 9.52. The molecule has 1 saturated heterocycles. The highest BCUT2D eigenvalue weighted by molar-refractivity contribution is 9.10. The Hall–Kier alpha value is -2.49. The van der Waals surface area contributed by atoms with Gasteiger partial charge in [0.1, 0.15) is 4.32 Å². The summed E-state index contributed by atoms with van der Waals surface area (Å²) in [7, 11) is 0. The van der Waals surface area contributed by atoms with Crippen LogP contribution in [0.15, 0.2) is 57.9 Å². The fourth-order valence-corrected chi connectivity index (χ4v) is 5.32. The van der Waals surface area contributed by atoms with Crippen LogP contribution in [-0.4, -0.2) is 38.7 Å². The highest BCUT2D eigenvalue weighted by Gasteiger charge is 2.42. The molecule has 2 aliphatic heterocycles. The third kappa shape index (κ3) is 4.30. The van der Waals surface area contributed by atoms with E-state index in [2.05, 4.69) is 15.9 Å². The Balaban J connectivity index is 1.71. The maximum absolute atomic E-state index is 13.5. The van der Waals surface area contributed by atoms with Gasteiger partial charge in [-0.05, 0) is 30.2 Å². The normalized spacial score (nSPS) is 18.2. The molecule has 0 radical (unpaired) electrons. The second kappa shape index (κ2) is 8.94. The molecule has 9 heteroatoms. The molecule has 4 rings (SSSR count). The van der Waals surface area contributed by atoms with E-state index in [0.29, 0.717) is 33.3 Å². The number of fused-ring (bicyclic) bond motifs is 1. The Morgan fingerprint density at radius 3 is 2.52 bits per heavy atom. The molecule has 2 aromatic carbocycles. The molecule has 2 heterocycles. The number of carbonyl (C=O) groups is 3. The number of hydrogen-bond acceptors (Lipinski definition) is 5. The molecule has 158 valence electrons. The fourth-order valence-electron chi connectivity index (χ4n) is 3.58. The smallest absolute Gasteiger partial charge is 0.303 e. The first kappa shape index (κ1) is 21.7. The van der Waals surface area contributed by atoms with E-state index >= 15 is 0 Å². The van der Waals surface area contributed by atoms with Crippen molar-refractivity contribution < 1.29 is 19.5 Å². The molecule has 31 heavy (non-hydrogen) atoms. The zero-order valence-electron chi connectivity index (χ0n) is 16.2. The average molecular weight is 517 g/mol. The van der Waals surface area contributed by atoms with Crippen LogP contribution in [0.5, 0.6) is 0 Å². The molecule has 1 fully saturated rings. The van der Waals surface area contributed by atoms with Crippen molar-refractivity contribution >= 4 is 73.3 Å². The predicted molar refractivity (Wildman–Crippen MR) is 127 cm³/mol. The number of amides is 2. The Kier molecular flexibility index (Phi) is 6.27. The Bertz CT molecular complexity index is 1130. The van der Waals surface area contributed by atoms with Crippen LogP contribution in [0.25, 0.3) is 5.57 Å². The maximum atomic E-state index is 13.5. The van der Waals surface area contributed by atoms with Crippen LogP contribution < -0.4 is 4.90 Å². The molecule has 0 saturated carbocycles. The Morgan fingerprint density at radius 1 is 1.06 bits per heavy atom. The lowest BCUT2D eigenvalue weighted by Gasteiger charge is -2.17. The number of anilines is 1. The molecule has 1 N–H and O–H groups in total. The fraction of sp³-hybridized carbons (Fsp3) is 0.182. The van der Waals surface area contributed by atoms with E-state index in [1.165, 1.54) is 4.90 Å². The number of carboxylic acids is 1. The van der Waals surface area contributed by atoms with Crippen LogP contribution in [0.2, 0.25) is 0 Å². The van der Waals surface area contributed by atoms with E-state index < -0.39 is 5.97 Å². The zero-order valence-corrected chi connectivity index (χ0v) is 19.4. The Labute approximate surface area is 197 Å². The quantitative estimate of drug-likeness (QED) is 0.451. The summed E-state index contributed by atoms with van der Waals surface area (Å²) >= 11 is 9.91. The van der Waals surface area contributed by atoms with Crippen molar-refractivity contribution in [3.8, 4) is 0 Å². The molecular formula is C22H17BrN2O4S2. The lowest BCUT2D eigenvalue weighted by atomic mass is 10.1. The number of rotatable bonds is 6. The van der Waals surface area contributed by atoms with Crippen molar-refractivity contribution in [3.63, 3.8) is 0 Å². The van der Waals surface area contributed by atoms with Gasteiger partial charge in [0.2, 0.25) is 0 Å². The number of thiocarbonyl (C=S) groups is 1. The number of carbonyl (C=O) groups excluding carboxylic acids is 2. The van der Waals surface area contributed by atoms with Crippen LogP contribution >= 0.6 is 39.9 Å². The monoisotopic (exact) mass is 516 g/mol. The molecule has 0 unspecified atom stereocenters. The van der Waals surface area contributed by atoms with E-state index in [9.17, 15) is 14.4 Å². The number of benzene rings is 2. The van der Waals surface area contributed by atoms with Gasteiger partial charge >= 0.3 is 5.97 Å². The third-order valence-electron chi connectivity index (χ3n) is 5.01. The van der Waals surface area contributed by atoms with Crippen molar-refractivity contribution in [2.24, 2.45) is 0 Å². The first-order valence-corrected chi connectivity index (χ1v) is 11.5. The van der Waals surface area contributed by atoms with Gasteiger partial charge in [-0.1, -0.05) is 70.2 Å². The van der Waals surface area contributed by atoms with Gasteiger partial charge in [0.05, 0.1) is 22.7 Å². The van der Waals surface area contributed by atoms with Crippen molar-refractivity contribution in [1.82, 2.24) is 4.90 Å². The summed E-state index contributed by atoms with van der Waals surface area (Å²) in [6.45, 7) is 0.595. The first-order chi connectivity index (χ1) is 14.9. The number of nitrogens with zero attached hydrogens (tertiary/aromatic N) is 2. The number of thioether (sulfide) groups is 1. The molecule has 2 aromatic rings. The summed E-state index contributed by atoms with van der Waals surface area (Å²) in [4.78, 5) is 40.7. The largest absolute Gasteiger partial charge is 0.481 e. The molecule has 6 nitrogen and oxygen atoms in total. The summed E-state index contributed by atoms with van der Waals surface area (Å²) in [5, 5.41) is 8.86. The van der Waals surface area contributed by atoms with Crippen LogP contribution in [0.3, 0.4) is 0 Å². The van der Waals surface area contributed by atoms with Gasteiger partial charge in [-0.15, -0.1) is 0 Å². The van der Waals surface area contributed by atoms with Crippen molar-refractivity contribution in [2.45, 2.75) is 19.4 Å². The van der Waals surface area contributed by atoms with E-state index in [1.54, 1.807) is 4.90 Å². The molecule has 0 spiro atoms. The molecule has 0 atom stereocenters. The van der Waals surface area contributed by atoms with E-state index in [-0.39, 0.29) is 24.8 Å². The van der Waals surface area contributed by atoms with Gasteiger partial charge in [-0.2, -0.15) is 0 Å². The summed E-state index contributed by atoms with van der Waals surface area (Å²) in [5.74, 6) is -1.52. The second-order valence-corrected chi connectivity index (χ2v) is 9.62. The van der Waals surface area contributed by atoms with E-state index in [0.717, 1.165) is 27.5 Å². The minimum Gasteiger partial charge on any atom is -0.481 e. The molecule has 0 aromatic heterocycles. The lowest BCUT2D eigenvalue weighted by molar-refractivity contribution is -0.137. The number of hydrogen-bond donors (Lipinski definition) is 1. The van der Waals surface area contributed by atoms with E-state index in [4.69, 9.17) is 17.3 Å². The van der Waals surface area contributed by atoms with Crippen LogP contribution in [0.1, 0.15) is 24.0 Å². The number of halogens is 1. The van der Waals surface area contributed by atoms with Crippen molar-refractivity contribution in [1.29, 1.82) is 0 Å². The van der Waals surface area contributed by atoms with Crippen molar-refractivity contribution in [3.05, 3.63) is 69.0 Å².